The van der Waals surface area contributed by atoms with Crippen LogP contribution in [0.2, 0.25) is 0 Å². The van der Waals surface area contributed by atoms with E-state index in [1.165, 1.54) is 0 Å². The van der Waals surface area contributed by atoms with E-state index in [1.807, 2.05) is 13.1 Å². The maximum atomic E-state index is 4.35. The minimum Gasteiger partial charge on any atom is -0.373 e. The van der Waals surface area contributed by atoms with Crippen molar-refractivity contribution in [2.45, 2.75) is 26.3 Å². The lowest BCUT2D eigenvalue weighted by molar-refractivity contribution is 0.128. The fraction of sp³-hybridized carbons (Fsp3) is 0.692. The van der Waals surface area contributed by atoms with Crippen LogP contribution in [0.15, 0.2) is 12.4 Å². The molecule has 18 heavy (non-hydrogen) atoms. The topological polar surface area (TPSA) is 44.3 Å². The van der Waals surface area contributed by atoms with Crippen molar-refractivity contribution in [1.82, 2.24) is 14.9 Å². The first-order valence-corrected chi connectivity index (χ1v) is 6.50. The Kier molecular flexibility index (Phi) is 3.71. The molecule has 0 radical (unpaired) electrons. The second kappa shape index (κ2) is 5.10. The van der Waals surface area contributed by atoms with Gasteiger partial charge < -0.3 is 10.2 Å². The standard InChI is InChI=1S/C13H23N5/c1-13(2,3)18-7-5-17(6-8-18)12-9-11(14-4)15-10-16-12/h9-10H,5-8H2,1-4H3,(H,14,15,16). The van der Waals surface area contributed by atoms with Crippen molar-refractivity contribution < 1.29 is 0 Å². The Morgan fingerprint density at radius 2 is 1.78 bits per heavy atom. The Morgan fingerprint density at radius 3 is 2.33 bits per heavy atom. The minimum absolute atomic E-state index is 0.258. The molecule has 0 spiro atoms. The molecule has 0 atom stereocenters. The number of hydrogen-bond acceptors (Lipinski definition) is 5. The molecule has 0 saturated carbocycles. The Labute approximate surface area is 109 Å². The first kappa shape index (κ1) is 13.1. The molecule has 100 valence electrons. The lowest BCUT2D eigenvalue weighted by Gasteiger charge is -2.42. The van der Waals surface area contributed by atoms with E-state index in [0.29, 0.717) is 0 Å². The molecule has 1 N–H and O–H groups in total. The normalized spacial score (nSPS) is 17.9. The molecule has 5 nitrogen and oxygen atoms in total. The highest BCUT2D eigenvalue weighted by Gasteiger charge is 2.26. The summed E-state index contributed by atoms with van der Waals surface area (Å²) in [7, 11) is 1.88. The van der Waals surface area contributed by atoms with Crippen LogP contribution in [-0.2, 0) is 0 Å². The van der Waals surface area contributed by atoms with E-state index in [0.717, 1.165) is 37.8 Å². The average molecular weight is 249 g/mol. The van der Waals surface area contributed by atoms with Crippen LogP contribution < -0.4 is 10.2 Å². The molecule has 2 heterocycles. The van der Waals surface area contributed by atoms with Crippen LogP contribution in [0.1, 0.15) is 20.8 Å². The first-order chi connectivity index (χ1) is 8.50. The molecule has 0 bridgehead atoms. The van der Waals surface area contributed by atoms with Gasteiger partial charge in [0.1, 0.15) is 18.0 Å². The predicted octanol–water partition coefficient (Wildman–Crippen LogP) is 1.44. The molecule has 5 heteroatoms. The van der Waals surface area contributed by atoms with Gasteiger partial charge in [0.15, 0.2) is 0 Å². The van der Waals surface area contributed by atoms with Gasteiger partial charge in [-0.1, -0.05) is 0 Å². The second-order valence-corrected chi connectivity index (χ2v) is 5.66. The molecule has 0 amide bonds. The third-order valence-electron chi connectivity index (χ3n) is 3.46. The van der Waals surface area contributed by atoms with Gasteiger partial charge in [0.2, 0.25) is 0 Å². The molecule has 2 rings (SSSR count). The summed E-state index contributed by atoms with van der Waals surface area (Å²) in [6.07, 6.45) is 1.62. The van der Waals surface area contributed by atoms with Gasteiger partial charge in [0.05, 0.1) is 0 Å². The lowest BCUT2D eigenvalue weighted by Crippen LogP contribution is -2.53. The van der Waals surface area contributed by atoms with Crippen molar-refractivity contribution in [3.63, 3.8) is 0 Å². The molecule has 0 unspecified atom stereocenters. The van der Waals surface area contributed by atoms with Gasteiger partial charge in [-0.05, 0) is 20.8 Å². The number of piperazine rings is 1. The number of hydrogen-bond donors (Lipinski definition) is 1. The number of rotatable bonds is 2. The summed E-state index contributed by atoms with van der Waals surface area (Å²) < 4.78 is 0. The summed E-state index contributed by atoms with van der Waals surface area (Å²) >= 11 is 0. The van der Waals surface area contributed by atoms with E-state index in [2.05, 4.69) is 45.9 Å². The maximum Gasteiger partial charge on any atom is 0.134 e. The highest BCUT2D eigenvalue weighted by atomic mass is 15.3. The van der Waals surface area contributed by atoms with Gasteiger partial charge in [-0.15, -0.1) is 0 Å². The summed E-state index contributed by atoms with van der Waals surface area (Å²) in [6, 6.07) is 2.01. The van der Waals surface area contributed by atoms with Crippen molar-refractivity contribution in [3.8, 4) is 0 Å². The van der Waals surface area contributed by atoms with Crippen LogP contribution in [-0.4, -0.2) is 53.6 Å². The molecule has 0 aromatic carbocycles. The largest absolute Gasteiger partial charge is 0.373 e. The van der Waals surface area contributed by atoms with Gasteiger partial charge in [0, 0.05) is 44.8 Å². The zero-order valence-electron chi connectivity index (χ0n) is 11.8. The average Bonchev–Trinajstić information content (AvgIpc) is 2.38. The molecule has 1 aromatic rings. The number of nitrogens with one attached hydrogen (secondary N) is 1. The van der Waals surface area contributed by atoms with Crippen molar-refractivity contribution in [2.24, 2.45) is 0 Å². The lowest BCUT2D eigenvalue weighted by atomic mass is 10.1. The number of aromatic nitrogens is 2. The molecular formula is C13H23N5. The van der Waals surface area contributed by atoms with Crippen LogP contribution in [0.25, 0.3) is 0 Å². The zero-order valence-corrected chi connectivity index (χ0v) is 11.8. The molecule has 1 aromatic heterocycles. The van der Waals surface area contributed by atoms with E-state index in [4.69, 9.17) is 0 Å². The molecular weight excluding hydrogens is 226 g/mol. The number of nitrogens with zero attached hydrogens (tertiary/aromatic N) is 4. The Morgan fingerprint density at radius 1 is 1.11 bits per heavy atom. The summed E-state index contributed by atoms with van der Waals surface area (Å²) in [5, 5.41) is 3.05. The zero-order chi connectivity index (χ0) is 13.2. The summed E-state index contributed by atoms with van der Waals surface area (Å²) in [4.78, 5) is 13.3. The Balaban J connectivity index is 2.01. The van der Waals surface area contributed by atoms with Crippen molar-refractivity contribution in [1.29, 1.82) is 0 Å². The fourth-order valence-electron chi connectivity index (χ4n) is 2.26. The van der Waals surface area contributed by atoms with Crippen molar-refractivity contribution in [2.75, 3.05) is 43.4 Å². The van der Waals surface area contributed by atoms with Crippen LogP contribution >= 0.6 is 0 Å². The molecule has 0 aliphatic carbocycles. The highest BCUT2D eigenvalue weighted by Crippen LogP contribution is 2.20. The van der Waals surface area contributed by atoms with E-state index in [-0.39, 0.29) is 5.54 Å². The van der Waals surface area contributed by atoms with E-state index < -0.39 is 0 Å². The van der Waals surface area contributed by atoms with Crippen molar-refractivity contribution in [3.05, 3.63) is 12.4 Å². The molecule has 1 fully saturated rings. The summed E-state index contributed by atoms with van der Waals surface area (Å²) in [6.45, 7) is 11.0. The van der Waals surface area contributed by atoms with Crippen molar-refractivity contribution >= 4 is 11.6 Å². The van der Waals surface area contributed by atoms with Gasteiger partial charge in [-0.3, -0.25) is 4.90 Å². The number of anilines is 2. The summed E-state index contributed by atoms with van der Waals surface area (Å²) in [5.74, 6) is 1.89. The quantitative estimate of drug-likeness (QED) is 0.859. The van der Waals surface area contributed by atoms with Gasteiger partial charge >= 0.3 is 0 Å². The maximum absolute atomic E-state index is 4.35. The third-order valence-corrected chi connectivity index (χ3v) is 3.46. The molecule has 1 saturated heterocycles. The van der Waals surface area contributed by atoms with E-state index in [9.17, 15) is 0 Å². The van der Waals surface area contributed by atoms with Gasteiger partial charge in [-0.2, -0.15) is 0 Å². The first-order valence-electron chi connectivity index (χ1n) is 6.50. The van der Waals surface area contributed by atoms with E-state index in [1.54, 1.807) is 6.33 Å². The fourth-order valence-corrected chi connectivity index (χ4v) is 2.26. The third kappa shape index (κ3) is 2.90. The molecule has 1 aliphatic heterocycles. The Bertz CT molecular complexity index is 391. The van der Waals surface area contributed by atoms with Crippen LogP contribution in [0.3, 0.4) is 0 Å². The monoisotopic (exact) mass is 249 g/mol. The van der Waals surface area contributed by atoms with Gasteiger partial charge in [-0.25, -0.2) is 9.97 Å². The van der Waals surface area contributed by atoms with Crippen LogP contribution in [0.4, 0.5) is 11.6 Å². The smallest absolute Gasteiger partial charge is 0.134 e. The Hall–Kier alpha value is -1.36. The summed E-state index contributed by atoms with van der Waals surface area (Å²) in [5.41, 5.74) is 0.258. The van der Waals surface area contributed by atoms with Crippen LogP contribution in [0.5, 0.6) is 0 Å². The van der Waals surface area contributed by atoms with Crippen LogP contribution in [0, 0.1) is 0 Å². The second-order valence-electron chi connectivity index (χ2n) is 5.66. The highest BCUT2D eigenvalue weighted by molar-refractivity contribution is 5.48. The molecule has 1 aliphatic rings. The van der Waals surface area contributed by atoms with E-state index >= 15 is 0 Å². The minimum atomic E-state index is 0.258. The van der Waals surface area contributed by atoms with Gasteiger partial charge in [0.25, 0.3) is 0 Å². The predicted molar refractivity (Wildman–Crippen MR) is 75.1 cm³/mol. The SMILES string of the molecule is CNc1cc(N2CCN(C(C)(C)C)CC2)ncn1.